The fourth-order valence-electron chi connectivity index (χ4n) is 5.78. The molecule has 0 amide bonds. The van der Waals surface area contributed by atoms with Crippen LogP contribution in [0.15, 0.2) is 91.0 Å². The maximum absolute atomic E-state index is 5.97. The number of halogens is 1. The molecule has 0 fully saturated rings. The zero-order chi connectivity index (χ0) is 31.4. The van der Waals surface area contributed by atoms with E-state index in [9.17, 15) is 0 Å². The molecule has 0 atom stereocenters. The molecule has 218 valence electrons. The SMILES string of the molecule is Cc1[c-]c2c(cc1C(C)(C)C)-c1cc(C(C)(C)C)c(C)cc1C2.Clc1cccc([C](=[Zr+2])c2ccccc2)c1.[C-]1=CC=CC1. The first-order valence-corrected chi connectivity index (χ1v) is 16.7. The van der Waals surface area contributed by atoms with E-state index < -0.39 is 0 Å². The largest absolute Gasteiger partial charge is 0.273 e. The van der Waals surface area contributed by atoms with Gasteiger partial charge in [-0.25, -0.2) is 12.2 Å². The molecule has 6 rings (SSSR count). The molecule has 4 aromatic rings. The molecule has 0 aliphatic heterocycles. The molecule has 0 nitrogen and oxygen atoms in total. The minimum atomic E-state index is 0.163. The molecule has 2 heteroatoms. The summed E-state index contributed by atoms with van der Waals surface area (Å²) in [6.07, 6.45) is 11.0. The standard InChI is InChI=1S/C23H29.C13H9Cl.C5H5.Zr/c1-14-9-16-11-17-10-15(2)21(23(6,7)8)13-19(17)18(16)12-20(14)22(3,4)5;14-13-8-4-7-12(10-13)9-11-5-2-1-3-6-11;1-2-4-5-3-1;/h9,12-13H,11H2,1-8H3;1-8,10H;1-3H,4H2;/q-1;;-1;+2. The second kappa shape index (κ2) is 14.0. The van der Waals surface area contributed by atoms with Crippen molar-refractivity contribution < 1.29 is 24.2 Å². The van der Waals surface area contributed by atoms with E-state index in [-0.39, 0.29) is 10.8 Å². The number of hydrogen-bond donors (Lipinski definition) is 0. The Morgan fingerprint density at radius 2 is 1.42 bits per heavy atom. The zero-order valence-corrected chi connectivity index (χ0v) is 30.2. The number of benzene rings is 4. The number of aryl methyl sites for hydroxylation is 2. The third-order valence-corrected chi connectivity index (χ3v) is 9.50. The van der Waals surface area contributed by atoms with Crippen molar-refractivity contribution in [3.05, 3.63) is 153 Å². The molecular weight excluding hydrogens is 619 g/mol. The van der Waals surface area contributed by atoms with Crippen LogP contribution in [0.4, 0.5) is 0 Å². The Hall–Kier alpha value is -2.60. The molecule has 0 unspecified atom stereocenters. The molecule has 0 N–H and O–H groups in total. The molecule has 0 radical (unpaired) electrons. The van der Waals surface area contributed by atoms with E-state index in [1.54, 1.807) is 0 Å². The fraction of sp³-hybridized carbons (Fsp3) is 0.293. The van der Waals surface area contributed by atoms with Crippen LogP contribution >= 0.6 is 11.6 Å². The smallest absolute Gasteiger partial charge is 0.109 e. The third-order valence-electron chi connectivity index (χ3n) is 7.84. The zero-order valence-electron chi connectivity index (χ0n) is 27.0. The average molecular weight is 662 g/mol. The van der Waals surface area contributed by atoms with Crippen LogP contribution in [-0.4, -0.2) is 3.21 Å². The van der Waals surface area contributed by atoms with Gasteiger partial charge >= 0.3 is 110 Å². The summed E-state index contributed by atoms with van der Waals surface area (Å²) < 4.78 is 1.34. The van der Waals surface area contributed by atoms with Gasteiger partial charge in [-0.05, 0) is 35.4 Å². The van der Waals surface area contributed by atoms with E-state index in [0.29, 0.717) is 0 Å². The van der Waals surface area contributed by atoms with Gasteiger partial charge in [0, 0.05) is 0 Å². The van der Waals surface area contributed by atoms with Gasteiger partial charge in [-0.15, -0.1) is 23.1 Å². The Bertz CT molecular complexity index is 1580. The van der Waals surface area contributed by atoms with E-state index in [1.807, 2.05) is 36.4 Å². The molecule has 0 spiro atoms. The number of hydrogen-bond acceptors (Lipinski definition) is 0. The van der Waals surface area contributed by atoms with Crippen molar-refractivity contribution in [1.82, 2.24) is 0 Å². The van der Waals surface area contributed by atoms with E-state index in [2.05, 4.69) is 122 Å². The minimum Gasteiger partial charge on any atom is -0.273 e. The van der Waals surface area contributed by atoms with Crippen LogP contribution in [0.2, 0.25) is 5.02 Å². The van der Waals surface area contributed by atoms with Gasteiger partial charge < -0.3 is 0 Å². The van der Waals surface area contributed by atoms with Gasteiger partial charge in [-0.3, -0.25) is 6.08 Å². The Labute approximate surface area is 280 Å². The maximum atomic E-state index is 5.97. The van der Waals surface area contributed by atoms with Crippen LogP contribution in [-0.2, 0) is 41.5 Å². The Morgan fingerprint density at radius 1 is 0.767 bits per heavy atom. The van der Waals surface area contributed by atoms with E-state index in [0.717, 1.165) is 17.9 Å². The van der Waals surface area contributed by atoms with Gasteiger partial charge in [0.2, 0.25) is 0 Å². The summed E-state index contributed by atoms with van der Waals surface area (Å²) in [5.41, 5.74) is 14.1. The van der Waals surface area contributed by atoms with Crippen LogP contribution in [0.25, 0.3) is 11.1 Å². The van der Waals surface area contributed by atoms with Crippen molar-refractivity contribution in [2.24, 2.45) is 0 Å². The summed E-state index contributed by atoms with van der Waals surface area (Å²) in [4.78, 5) is 0. The van der Waals surface area contributed by atoms with Crippen molar-refractivity contribution in [3.63, 3.8) is 0 Å². The normalized spacial score (nSPS) is 13.0. The summed E-state index contributed by atoms with van der Waals surface area (Å²) in [7, 11) is 0. The van der Waals surface area contributed by atoms with Gasteiger partial charge in [0.1, 0.15) is 0 Å². The second-order valence-electron chi connectivity index (χ2n) is 13.5. The van der Waals surface area contributed by atoms with Gasteiger partial charge in [-0.2, -0.15) is 23.8 Å². The summed E-state index contributed by atoms with van der Waals surface area (Å²) in [6.45, 7) is 18.2. The first-order valence-electron chi connectivity index (χ1n) is 15.1. The van der Waals surface area contributed by atoms with Crippen LogP contribution in [0.1, 0.15) is 92.5 Å². The average Bonchev–Trinajstić information content (AvgIpc) is 3.63. The Morgan fingerprint density at radius 3 is 1.98 bits per heavy atom. The Balaban J connectivity index is 0.000000180. The molecule has 43 heavy (non-hydrogen) atoms. The van der Waals surface area contributed by atoms with Crippen LogP contribution in [0, 0.1) is 26.0 Å². The summed E-state index contributed by atoms with van der Waals surface area (Å²) >= 11 is 7.38. The molecule has 2 aliphatic rings. The molecule has 0 heterocycles. The molecule has 0 saturated heterocycles. The maximum Gasteiger partial charge on any atom is -0.109 e. The van der Waals surface area contributed by atoms with Crippen molar-refractivity contribution in [2.75, 3.05) is 0 Å². The molecule has 0 bridgehead atoms. The molecule has 2 aliphatic carbocycles. The van der Waals surface area contributed by atoms with Crippen molar-refractivity contribution in [3.8, 4) is 11.1 Å². The van der Waals surface area contributed by atoms with Gasteiger partial charge in [0.05, 0.1) is 0 Å². The van der Waals surface area contributed by atoms with Crippen LogP contribution < -0.4 is 0 Å². The van der Waals surface area contributed by atoms with Gasteiger partial charge in [0.25, 0.3) is 0 Å². The predicted molar refractivity (Wildman–Crippen MR) is 183 cm³/mol. The second-order valence-corrected chi connectivity index (χ2v) is 15.1. The Kier molecular flexibility index (Phi) is 10.8. The van der Waals surface area contributed by atoms with Crippen molar-refractivity contribution >= 4 is 14.8 Å². The topological polar surface area (TPSA) is 0 Å². The first-order chi connectivity index (χ1) is 20.3. The van der Waals surface area contributed by atoms with Gasteiger partial charge in [-0.1, -0.05) is 71.6 Å². The van der Waals surface area contributed by atoms with Crippen molar-refractivity contribution in [2.45, 2.75) is 79.1 Å². The first kappa shape index (κ1) is 33.3. The number of rotatable bonds is 2. The monoisotopic (exact) mass is 660 g/mol. The van der Waals surface area contributed by atoms with E-state index in [4.69, 9.17) is 11.6 Å². The fourth-order valence-corrected chi connectivity index (χ4v) is 6.76. The summed E-state index contributed by atoms with van der Waals surface area (Å²) in [5.74, 6) is 0. The third kappa shape index (κ3) is 8.53. The van der Waals surface area contributed by atoms with E-state index >= 15 is 0 Å². The molecular formula is C41H43ClZr. The van der Waals surface area contributed by atoms with Crippen LogP contribution in [0.5, 0.6) is 0 Å². The molecule has 0 saturated carbocycles. The predicted octanol–water partition coefficient (Wildman–Crippen LogP) is 11.0. The number of allylic oxidation sites excluding steroid dienone is 4. The summed E-state index contributed by atoms with van der Waals surface area (Å²) in [6, 6.07) is 29.4. The molecule has 4 aromatic carbocycles. The quantitative estimate of drug-likeness (QED) is 0.165. The van der Waals surface area contributed by atoms with Crippen LogP contribution in [0.3, 0.4) is 0 Å². The number of fused-ring (bicyclic) bond motifs is 3. The summed E-state index contributed by atoms with van der Waals surface area (Å²) in [5, 5.41) is 0.795. The minimum absolute atomic E-state index is 0.163. The van der Waals surface area contributed by atoms with Crippen molar-refractivity contribution in [1.29, 1.82) is 0 Å². The molecule has 0 aromatic heterocycles. The van der Waals surface area contributed by atoms with Gasteiger partial charge in [0.15, 0.2) is 0 Å². The van der Waals surface area contributed by atoms with E-state index in [1.165, 1.54) is 83.1 Å².